The van der Waals surface area contributed by atoms with E-state index in [-0.39, 0.29) is 29.4 Å². The van der Waals surface area contributed by atoms with Crippen molar-refractivity contribution in [3.63, 3.8) is 0 Å². The second kappa shape index (κ2) is 12.4. The number of ketones is 1. The van der Waals surface area contributed by atoms with Gasteiger partial charge < -0.3 is 15.4 Å². The molecule has 2 N–H and O–H groups in total. The number of hydrogen-bond acceptors (Lipinski definition) is 12. The van der Waals surface area contributed by atoms with Crippen LogP contribution in [0.2, 0.25) is 0 Å². The Morgan fingerprint density at radius 2 is 1.70 bits per heavy atom. The predicted molar refractivity (Wildman–Crippen MR) is 145 cm³/mol. The molecule has 0 spiro atoms. The molecule has 4 rings (SSSR count). The van der Waals surface area contributed by atoms with Crippen molar-refractivity contribution >= 4 is 38.9 Å². The molecule has 44 heavy (non-hydrogen) atoms. The second-order valence-electron chi connectivity index (χ2n) is 8.92. The third-order valence-corrected chi connectivity index (χ3v) is 6.81. The maximum atomic E-state index is 14.3. The molecule has 0 aliphatic heterocycles. The molecule has 0 aliphatic rings. The molecule has 0 fully saturated rings. The summed E-state index contributed by atoms with van der Waals surface area (Å²) in [6, 6.07) is 6.64. The summed E-state index contributed by atoms with van der Waals surface area (Å²) in [7, 11) is -3.07. The predicted octanol–water partition coefficient (Wildman–Crippen LogP) is 4.71. The second-order valence-corrected chi connectivity index (χ2v) is 10.5. The van der Waals surface area contributed by atoms with Gasteiger partial charge in [-0.15, -0.1) is 0 Å². The van der Waals surface area contributed by atoms with Crippen LogP contribution in [0.15, 0.2) is 49.2 Å². The fourth-order valence-corrected chi connectivity index (χ4v) is 4.12. The highest BCUT2D eigenvalue weighted by atomic mass is 32.2. The van der Waals surface area contributed by atoms with Gasteiger partial charge in [-0.2, -0.15) is 35.5 Å². The number of halogens is 5. The highest BCUT2D eigenvalue weighted by Crippen LogP contribution is 2.38. The van der Waals surface area contributed by atoms with Crippen molar-refractivity contribution in [1.29, 1.82) is 0 Å². The number of pyridine rings is 1. The van der Waals surface area contributed by atoms with E-state index in [2.05, 4.69) is 39.9 Å². The SMILES string of the molecule is CCC(=O)c1cnc(Nc2cnc(C(F)(F)COS(=O)(=O)C(F)(F)F)cn2)cc1Nc1cccc(-c2ncn(C)n2)c1OC. The van der Waals surface area contributed by atoms with Crippen molar-refractivity contribution in [1.82, 2.24) is 29.7 Å². The first-order valence-electron chi connectivity index (χ1n) is 12.4. The Kier molecular flexibility index (Phi) is 9.09. The third-order valence-electron chi connectivity index (χ3n) is 5.82. The fraction of sp³-hybridized carbons (Fsp3) is 0.280. The lowest BCUT2D eigenvalue weighted by molar-refractivity contribution is -0.0763. The van der Waals surface area contributed by atoms with Crippen LogP contribution in [0.3, 0.4) is 0 Å². The number of para-hydroxylation sites is 1. The minimum atomic E-state index is -6.24. The van der Waals surface area contributed by atoms with Gasteiger partial charge in [0.15, 0.2) is 17.4 Å². The first kappa shape index (κ1) is 32.1. The number of alkyl halides is 5. The van der Waals surface area contributed by atoms with E-state index >= 15 is 0 Å². The van der Waals surface area contributed by atoms with Gasteiger partial charge in [-0.25, -0.2) is 19.9 Å². The van der Waals surface area contributed by atoms with Gasteiger partial charge in [0.25, 0.3) is 0 Å². The third kappa shape index (κ3) is 7.05. The zero-order valence-electron chi connectivity index (χ0n) is 23.1. The van der Waals surface area contributed by atoms with Crippen molar-refractivity contribution in [2.45, 2.75) is 24.8 Å². The van der Waals surface area contributed by atoms with Gasteiger partial charge in [-0.1, -0.05) is 13.0 Å². The summed E-state index contributed by atoms with van der Waals surface area (Å²) in [5.74, 6) is -3.68. The summed E-state index contributed by atoms with van der Waals surface area (Å²) in [5.41, 5.74) is -5.45. The monoisotopic (exact) mass is 642 g/mol. The molecule has 0 atom stereocenters. The Labute approximate surface area is 246 Å². The lowest BCUT2D eigenvalue weighted by Crippen LogP contribution is -2.31. The fourth-order valence-electron chi connectivity index (χ4n) is 3.68. The number of benzene rings is 1. The summed E-state index contributed by atoms with van der Waals surface area (Å²) in [6.07, 6.45) is 4.33. The van der Waals surface area contributed by atoms with Crippen molar-refractivity contribution in [2.24, 2.45) is 7.05 Å². The number of Topliss-reactive ketones (excluding diaryl/α,β-unsaturated/α-hetero) is 1. The highest BCUT2D eigenvalue weighted by molar-refractivity contribution is 7.87. The molecule has 0 radical (unpaired) electrons. The first-order chi connectivity index (χ1) is 20.6. The minimum Gasteiger partial charge on any atom is -0.494 e. The number of nitrogens with one attached hydrogen (secondary N) is 2. The number of methoxy groups -OCH3 is 1. The summed E-state index contributed by atoms with van der Waals surface area (Å²) < 4.78 is 98.3. The molecular formula is C25H23F5N8O5S. The maximum Gasteiger partial charge on any atom is 0.523 e. The number of hydrogen-bond donors (Lipinski definition) is 2. The Balaban J connectivity index is 1.58. The van der Waals surface area contributed by atoms with E-state index < -0.39 is 33.8 Å². The van der Waals surface area contributed by atoms with Crippen LogP contribution < -0.4 is 15.4 Å². The molecule has 3 aromatic heterocycles. The maximum absolute atomic E-state index is 14.3. The van der Waals surface area contributed by atoms with Crippen molar-refractivity contribution < 1.29 is 44.1 Å². The quantitative estimate of drug-likeness (QED) is 0.0948. The van der Waals surface area contributed by atoms with Crippen LogP contribution in [0.4, 0.5) is 45.0 Å². The summed E-state index contributed by atoms with van der Waals surface area (Å²) in [5, 5.41) is 10.2. The van der Waals surface area contributed by atoms with Gasteiger partial charge in [-0.3, -0.25) is 13.7 Å². The molecule has 3 heterocycles. The molecule has 19 heteroatoms. The molecule has 0 saturated carbocycles. The number of anilines is 4. The van der Waals surface area contributed by atoms with Gasteiger partial charge in [0.1, 0.15) is 30.3 Å². The number of carbonyl (C=O) groups excluding carboxylic acids is 1. The van der Waals surface area contributed by atoms with E-state index in [0.717, 1.165) is 6.20 Å². The van der Waals surface area contributed by atoms with Gasteiger partial charge in [0, 0.05) is 25.7 Å². The lowest BCUT2D eigenvalue weighted by Gasteiger charge is -2.17. The summed E-state index contributed by atoms with van der Waals surface area (Å²) in [6.45, 7) is -0.469. The normalized spacial score (nSPS) is 12.2. The topological polar surface area (TPSA) is 163 Å². The van der Waals surface area contributed by atoms with Gasteiger partial charge in [0.2, 0.25) is 0 Å². The van der Waals surface area contributed by atoms with Crippen LogP contribution in [-0.4, -0.2) is 63.1 Å². The average molecular weight is 643 g/mol. The van der Waals surface area contributed by atoms with E-state index in [0.29, 0.717) is 34.7 Å². The van der Waals surface area contributed by atoms with Crippen LogP contribution >= 0.6 is 0 Å². The number of nitrogens with zero attached hydrogens (tertiary/aromatic N) is 6. The Morgan fingerprint density at radius 1 is 0.977 bits per heavy atom. The van der Waals surface area contributed by atoms with E-state index in [1.165, 1.54) is 30.4 Å². The van der Waals surface area contributed by atoms with Crippen LogP contribution in [-0.2, 0) is 27.3 Å². The largest absolute Gasteiger partial charge is 0.523 e. The number of ether oxygens (including phenoxy) is 1. The molecule has 1 aromatic carbocycles. The zero-order valence-corrected chi connectivity index (χ0v) is 23.9. The number of aryl methyl sites for hydroxylation is 1. The van der Waals surface area contributed by atoms with Crippen molar-refractivity contribution in [3.05, 3.63) is 60.4 Å². The van der Waals surface area contributed by atoms with Crippen LogP contribution in [0.1, 0.15) is 29.4 Å². The molecular weight excluding hydrogens is 619 g/mol. The van der Waals surface area contributed by atoms with E-state index in [4.69, 9.17) is 4.74 Å². The van der Waals surface area contributed by atoms with E-state index in [9.17, 15) is 35.2 Å². The molecule has 0 aliphatic carbocycles. The molecule has 0 amide bonds. The standard InChI is InChI=1S/C25H23F5N8O5S/c1-4-18(39)15-9-32-20(8-17(15)35-16-7-5-6-14(22(16)42-3)23-34-13-38(2)37-23)36-21-11-31-19(10-33-21)24(26,27)12-43-44(40,41)25(28,29)30/h5-11,13H,4,12H2,1-3H3,(H2,32,33,35,36). The van der Waals surface area contributed by atoms with Gasteiger partial charge in [0.05, 0.1) is 42.0 Å². The Bertz CT molecular complexity index is 1770. The number of aromatic nitrogens is 6. The molecule has 0 bridgehead atoms. The smallest absolute Gasteiger partial charge is 0.494 e. The molecule has 4 aromatic rings. The van der Waals surface area contributed by atoms with E-state index in [1.807, 2.05) is 0 Å². The molecule has 0 unspecified atom stereocenters. The summed E-state index contributed by atoms with van der Waals surface area (Å²) in [4.78, 5) is 28.3. The molecule has 13 nitrogen and oxygen atoms in total. The minimum absolute atomic E-state index is 0.107. The number of rotatable bonds is 12. The van der Waals surface area contributed by atoms with Crippen molar-refractivity contribution in [3.8, 4) is 17.1 Å². The molecule has 0 saturated heterocycles. The van der Waals surface area contributed by atoms with Crippen LogP contribution in [0, 0.1) is 0 Å². The molecule has 234 valence electrons. The van der Waals surface area contributed by atoms with Crippen LogP contribution in [0.5, 0.6) is 5.75 Å². The van der Waals surface area contributed by atoms with Crippen LogP contribution in [0.25, 0.3) is 11.4 Å². The van der Waals surface area contributed by atoms with Crippen molar-refractivity contribution in [2.75, 3.05) is 24.4 Å². The zero-order chi connectivity index (χ0) is 32.3. The van der Waals surface area contributed by atoms with Gasteiger partial charge >= 0.3 is 21.5 Å². The Hall–Kier alpha value is -4.78. The summed E-state index contributed by atoms with van der Waals surface area (Å²) >= 11 is 0. The first-order valence-corrected chi connectivity index (χ1v) is 13.8. The Morgan fingerprint density at radius 3 is 2.30 bits per heavy atom. The van der Waals surface area contributed by atoms with Gasteiger partial charge in [-0.05, 0) is 12.1 Å². The number of carbonyl (C=O) groups is 1. The lowest BCUT2D eigenvalue weighted by atomic mass is 10.1. The highest BCUT2D eigenvalue weighted by Gasteiger charge is 2.49. The average Bonchev–Trinajstić information content (AvgIpc) is 3.41. The van der Waals surface area contributed by atoms with E-state index in [1.54, 1.807) is 32.2 Å².